The highest BCUT2D eigenvalue weighted by atomic mass is 15.1. The number of hydrogen-bond acceptors (Lipinski definition) is 1. The van der Waals surface area contributed by atoms with Gasteiger partial charge in [0.25, 0.3) is 0 Å². The Hall–Kier alpha value is -5.14. The molecule has 0 aliphatic carbocycles. The van der Waals surface area contributed by atoms with Gasteiger partial charge in [0.2, 0.25) is 0 Å². The van der Waals surface area contributed by atoms with Crippen molar-refractivity contribution in [2.45, 2.75) is 0 Å². The molecule has 0 fully saturated rings. The van der Waals surface area contributed by atoms with Crippen LogP contribution < -0.4 is 4.90 Å². The summed E-state index contributed by atoms with van der Waals surface area (Å²) in [6, 6.07) is 54.3. The van der Waals surface area contributed by atoms with Gasteiger partial charge in [0, 0.05) is 16.5 Å². The molecule has 7 aromatic carbocycles. The van der Waals surface area contributed by atoms with Crippen molar-refractivity contribution in [3.05, 3.63) is 163 Å². The Balaban J connectivity index is 1.31. The SMILES string of the molecule is C(=C\c1ccc2ccccc2c1)/c1ccc(N(c2cccc3ccccc23)c2cccc3ccccc23)cc1. The van der Waals surface area contributed by atoms with Crippen LogP contribution in [-0.4, -0.2) is 0 Å². The molecule has 39 heavy (non-hydrogen) atoms. The fraction of sp³-hybridized carbons (Fsp3) is 0. The maximum absolute atomic E-state index is 2.39. The summed E-state index contributed by atoms with van der Waals surface area (Å²) >= 11 is 0. The van der Waals surface area contributed by atoms with Gasteiger partial charge in [0.05, 0.1) is 11.4 Å². The van der Waals surface area contributed by atoms with E-state index in [0.29, 0.717) is 0 Å². The minimum Gasteiger partial charge on any atom is -0.309 e. The third kappa shape index (κ3) is 4.45. The number of hydrogen-bond donors (Lipinski definition) is 0. The zero-order valence-electron chi connectivity index (χ0n) is 21.5. The lowest BCUT2D eigenvalue weighted by atomic mass is 10.0. The summed E-state index contributed by atoms with van der Waals surface area (Å²) in [7, 11) is 0. The zero-order valence-corrected chi connectivity index (χ0v) is 21.5. The van der Waals surface area contributed by atoms with Crippen molar-refractivity contribution in [2.24, 2.45) is 0 Å². The topological polar surface area (TPSA) is 3.24 Å². The van der Waals surface area contributed by atoms with Crippen LogP contribution in [0.5, 0.6) is 0 Å². The largest absolute Gasteiger partial charge is 0.309 e. The van der Waals surface area contributed by atoms with Crippen molar-refractivity contribution in [3.63, 3.8) is 0 Å². The van der Waals surface area contributed by atoms with Crippen LogP contribution in [0.4, 0.5) is 17.1 Å². The van der Waals surface area contributed by atoms with Crippen LogP contribution in [0.3, 0.4) is 0 Å². The molecule has 7 rings (SSSR count). The number of nitrogens with zero attached hydrogens (tertiary/aromatic N) is 1. The number of rotatable bonds is 5. The molecule has 1 nitrogen and oxygen atoms in total. The van der Waals surface area contributed by atoms with Crippen molar-refractivity contribution in [3.8, 4) is 0 Å². The van der Waals surface area contributed by atoms with E-state index in [-0.39, 0.29) is 0 Å². The lowest BCUT2D eigenvalue weighted by Gasteiger charge is -2.28. The van der Waals surface area contributed by atoms with E-state index in [1.54, 1.807) is 0 Å². The van der Waals surface area contributed by atoms with Gasteiger partial charge in [-0.25, -0.2) is 0 Å². The Labute approximate surface area is 228 Å². The van der Waals surface area contributed by atoms with Crippen molar-refractivity contribution in [1.29, 1.82) is 0 Å². The molecule has 0 radical (unpaired) electrons. The summed E-state index contributed by atoms with van der Waals surface area (Å²) in [5, 5.41) is 7.45. The van der Waals surface area contributed by atoms with Gasteiger partial charge < -0.3 is 4.90 Å². The minimum absolute atomic E-state index is 1.13. The first-order valence-corrected chi connectivity index (χ1v) is 13.4. The molecular formula is C38H27N. The van der Waals surface area contributed by atoms with Crippen LogP contribution in [-0.2, 0) is 0 Å². The van der Waals surface area contributed by atoms with E-state index in [0.717, 1.165) is 5.69 Å². The summed E-state index contributed by atoms with van der Waals surface area (Å²) in [5.41, 5.74) is 5.84. The molecule has 0 saturated heterocycles. The van der Waals surface area contributed by atoms with Crippen LogP contribution in [0.1, 0.15) is 11.1 Å². The lowest BCUT2D eigenvalue weighted by Crippen LogP contribution is -2.11. The van der Waals surface area contributed by atoms with E-state index in [9.17, 15) is 0 Å². The summed E-state index contributed by atoms with van der Waals surface area (Å²) in [5.74, 6) is 0. The molecule has 0 aliphatic rings. The first kappa shape index (κ1) is 23.0. The molecule has 0 amide bonds. The Kier molecular flexibility index (Phi) is 5.88. The van der Waals surface area contributed by atoms with E-state index in [4.69, 9.17) is 0 Å². The van der Waals surface area contributed by atoms with E-state index in [2.05, 4.69) is 169 Å². The molecular weight excluding hydrogens is 470 g/mol. The quantitative estimate of drug-likeness (QED) is 0.214. The van der Waals surface area contributed by atoms with Gasteiger partial charge in [-0.1, -0.05) is 133 Å². The van der Waals surface area contributed by atoms with Gasteiger partial charge in [-0.2, -0.15) is 0 Å². The molecule has 0 atom stereocenters. The number of benzene rings is 7. The maximum atomic E-state index is 2.39. The highest BCUT2D eigenvalue weighted by Crippen LogP contribution is 2.41. The van der Waals surface area contributed by atoms with Gasteiger partial charge in [-0.3, -0.25) is 0 Å². The summed E-state index contributed by atoms with van der Waals surface area (Å²) in [6.07, 6.45) is 4.38. The van der Waals surface area contributed by atoms with E-state index < -0.39 is 0 Å². The average Bonchev–Trinajstić information content (AvgIpc) is 3.01. The fourth-order valence-electron chi connectivity index (χ4n) is 5.45. The normalized spacial score (nSPS) is 11.5. The highest BCUT2D eigenvalue weighted by Gasteiger charge is 2.17. The maximum Gasteiger partial charge on any atom is 0.0540 e. The van der Waals surface area contributed by atoms with Crippen LogP contribution in [0, 0.1) is 0 Å². The van der Waals surface area contributed by atoms with Crippen LogP contribution in [0.25, 0.3) is 44.5 Å². The van der Waals surface area contributed by atoms with Crippen molar-refractivity contribution >= 4 is 61.5 Å². The van der Waals surface area contributed by atoms with E-state index in [1.165, 1.54) is 54.8 Å². The summed E-state index contributed by atoms with van der Waals surface area (Å²) in [4.78, 5) is 2.39. The highest BCUT2D eigenvalue weighted by molar-refractivity contribution is 6.04. The molecule has 0 unspecified atom stereocenters. The second kappa shape index (κ2) is 9.96. The molecule has 0 aromatic heterocycles. The monoisotopic (exact) mass is 497 g/mol. The third-order valence-corrected chi connectivity index (χ3v) is 7.41. The smallest absolute Gasteiger partial charge is 0.0540 e. The second-order valence-corrected chi connectivity index (χ2v) is 9.86. The number of fused-ring (bicyclic) bond motifs is 3. The molecule has 0 saturated carbocycles. The molecule has 0 spiro atoms. The third-order valence-electron chi connectivity index (χ3n) is 7.41. The minimum atomic E-state index is 1.13. The Morgan fingerprint density at radius 2 is 0.846 bits per heavy atom. The van der Waals surface area contributed by atoms with Gasteiger partial charge in [-0.15, -0.1) is 0 Å². The first-order chi connectivity index (χ1) is 19.3. The molecule has 0 N–H and O–H groups in total. The van der Waals surface area contributed by atoms with Gasteiger partial charge in [0.15, 0.2) is 0 Å². The Bertz CT molecular complexity index is 1870. The molecule has 0 bridgehead atoms. The molecule has 1 heteroatoms. The van der Waals surface area contributed by atoms with E-state index in [1.807, 2.05) is 0 Å². The Morgan fingerprint density at radius 3 is 1.49 bits per heavy atom. The standard InChI is InChI=1S/C38H27N/c1-2-12-33-27-29(21-24-30(33)9-1)20-19-28-22-25-34(26-23-28)39(37-17-7-13-31-10-3-5-15-35(31)37)38-18-8-14-32-11-4-6-16-36(32)38/h1-27H/b20-19+. The van der Waals surface area contributed by atoms with Crippen molar-refractivity contribution < 1.29 is 0 Å². The molecule has 184 valence electrons. The van der Waals surface area contributed by atoms with Crippen LogP contribution in [0.2, 0.25) is 0 Å². The zero-order chi connectivity index (χ0) is 26.0. The molecule has 0 aliphatic heterocycles. The van der Waals surface area contributed by atoms with Gasteiger partial charge in [0.1, 0.15) is 0 Å². The molecule has 0 heterocycles. The average molecular weight is 498 g/mol. The first-order valence-electron chi connectivity index (χ1n) is 13.4. The predicted molar refractivity (Wildman–Crippen MR) is 169 cm³/mol. The van der Waals surface area contributed by atoms with Gasteiger partial charge in [-0.05, 0) is 63.0 Å². The van der Waals surface area contributed by atoms with Gasteiger partial charge >= 0.3 is 0 Å². The summed E-state index contributed by atoms with van der Waals surface area (Å²) in [6.45, 7) is 0. The fourth-order valence-corrected chi connectivity index (χ4v) is 5.45. The van der Waals surface area contributed by atoms with Crippen molar-refractivity contribution in [2.75, 3.05) is 4.90 Å². The van der Waals surface area contributed by atoms with Crippen LogP contribution >= 0.6 is 0 Å². The molecule has 7 aromatic rings. The van der Waals surface area contributed by atoms with E-state index >= 15 is 0 Å². The van der Waals surface area contributed by atoms with Crippen molar-refractivity contribution in [1.82, 2.24) is 0 Å². The summed E-state index contributed by atoms with van der Waals surface area (Å²) < 4.78 is 0. The van der Waals surface area contributed by atoms with Crippen LogP contribution in [0.15, 0.2) is 152 Å². The predicted octanol–water partition coefficient (Wildman–Crippen LogP) is 10.8. The Morgan fingerprint density at radius 1 is 0.359 bits per heavy atom. The number of anilines is 3. The second-order valence-electron chi connectivity index (χ2n) is 9.86. The lowest BCUT2D eigenvalue weighted by molar-refractivity contribution is 1.31.